The molecule has 3 nitrogen and oxygen atoms in total. The first kappa shape index (κ1) is 14.3. The van der Waals surface area contributed by atoms with Crippen LogP contribution in [0.5, 0.6) is 0 Å². The van der Waals surface area contributed by atoms with Crippen molar-refractivity contribution in [1.29, 1.82) is 0 Å². The highest BCUT2D eigenvalue weighted by Gasteiger charge is 2.19. The van der Waals surface area contributed by atoms with E-state index in [1.807, 2.05) is 0 Å². The zero-order valence-corrected chi connectivity index (χ0v) is 13.0. The van der Waals surface area contributed by atoms with Crippen LogP contribution in [-0.4, -0.2) is 9.78 Å². The summed E-state index contributed by atoms with van der Waals surface area (Å²) >= 11 is 0. The maximum Gasteiger partial charge on any atom is 0.0762 e. The Hall–Kier alpha value is -1.61. The molecule has 1 N–H and O–H groups in total. The minimum absolute atomic E-state index is 0.476. The summed E-state index contributed by atoms with van der Waals surface area (Å²) in [6.45, 7) is 5.26. The molecule has 2 aromatic rings. The lowest BCUT2D eigenvalue weighted by Crippen LogP contribution is -2.25. The molecule has 0 saturated carbocycles. The SMILES string of the molecule is CCC(C)n1ccc(CNC2CCCc3ccccc32)n1. The van der Waals surface area contributed by atoms with Gasteiger partial charge in [-0.05, 0) is 49.8 Å². The number of nitrogens with one attached hydrogen (secondary N) is 1. The molecule has 112 valence electrons. The van der Waals surface area contributed by atoms with Gasteiger partial charge in [0.2, 0.25) is 0 Å². The summed E-state index contributed by atoms with van der Waals surface area (Å²) < 4.78 is 2.08. The van der Waals surface area contributed by atoms with Gasteiger partial charge in [0.25, 0.3) is 0 Å². The average Bonchev–Trinajstić information content (AvgIpc) is 3.01. The summed E-state index contributed by atoms with van der Waals surface area (Å²) in [5, 5.41) is 8.36. The summed E-state index contributed by atoms with van der Waals surface area (Å²) in [7, 11) is 0. The number of hydrogen-bond donors (Lipinski definition) is 1. The van der Waals surface area contributed by atoms with Crippen LogP contribution in [-0.2, 0) is 13.0 Å². The van der Waals surface area contributed by atoms with Gasteiger partial charge < -0.3 is 5.32 Å². The summed E-state index contributed by atoms with van der Waals surface area (Å²) in [4.78, 5) is 0. The van der Waals surface area contributed by atoms with E-state index >= 15 is 0 Å². The number of aryl methyl sites for hydroxylation is 1. The van der Waals surface area contributed by atoms with E-state index in [0.29, 0.717) is 12.1 Å². The Morgan fingerprint density at radius 1 is 1.33 bits per heavy atom. The molecule has 0 radical (unpaired) electrons. The van der Waals surface area contributed by atoms with Gasteiger partial charge in [0.1, 0.15) is 0 Å². The lowest BCUT2D eigenvalue weighted by molar-refractivity contribution is 0.443. The molecule has 0 aliphatic heterocycles. The number of rotatable bonds is 5. The van der Waals surface area contributed by atoms with E-state index in [1.165, 1.54) is 30.4 Å². The summed E-state index contributed by atoms with van der Waals surface area (Å²) in [6.07, 6.45) is 6.93. The average molecular weight is 283 g/mol. The van der Waals surface area contributed by atoms with Gasteiger partial charge in [-0.15, -0.1) is 0 Å². The zero-order chi connectivity index (χ0) is 14.7. The van der Waals surface area contributed by atoms with Crippen molar-refractivity contribution in [2.24, 2.45) is 0 Å². The van der Waals surface area contributed by atoms with E-state index in [-0.39, 0.29) is 0 Å². The van der Waals surface area contributed by atoms with E-state index in [2.05, 4.69) is 65.5 Å². The lowest BCUT2D eigenvalue weighted by atomic mass is 9.88. The van der Waals surface area contributed by atoms with Gasteiger partial charge in [-0.25, -0.2) is 0 Å². The van der Waals surface area contributed by atoms with Crippen LogP contribution in [0.15, 0.2) is 36.5 Å². The third-order valence-corrected chi connectivity index (χ3v) is 4.60. The van der Waals surface area contributed by atoms with Crippen molar-refractivity contribution in [3.63, 3.8) is 0 Å². The minimum atomic E-state index is 0.476. The zero-order valence-electron chi connectivity index (χ0n) is 13.0. The molecule has 0 spiro atoms. The maximum atomic E-state index is 4.68. The second-order valence-corrected chi connectivity index (χ2v) is 6.07. The minimum Gasteiger partial charge on any atom is -0.304 e. The van der Waals surface area contributed by atoms with E-state index in [9.17, 15) is 0 Å². The molecule has 3 heteroatoms. The van der Waals surface area contributed by atoms with Crippen molar-refractivity contribution in [2.45, 2.75) is 58.2 Å². The highest BCUT2D eigenvalue weighted by molar-refractivity contribution is 5.32. The van der Waals surface area contributed by atoms with Gasteiger partial charge in [-0.2, -0.15) is 5.10 Å². The predicted octanol–water partition coefficient (Wildman–Crippen LogP) is 4.02. The van der Waals surface area contributed by atoms with Crippen molar-refractivity contribution in [2.75, 3.05) is 0 Å². The topological polar surface area (TPSA) is 29.9 Å². The maximum absolute atomic E-state index is 4.68. The molecule has 0 bridgehead atoms. The second-order valence-electron chi connectivity index (χ2n) is 6.07. The summed E-state index contributed by atoms with van der Waals surface area (Å²) in [6, 6.07) is 11.9. The smallest absolute Gasteiger partial charge is 0.0762 e. The van der Waals surface area contributed by atoms with Crippen LogP contribution in [0.2, 0.25) is 0 Å². The molecule has 0 fully saturated rings. The third-order valence-electron chi connectivity index (χ3n) is 4.60. The monoisotopic (exact) mass is 283 g/mol. The number of aromatic nitrogens is 2. The molecular weight excluding hydrogens is 258 g/mol. The molecule has 21 heavy (non-hydrogen) atoms. The van der Waals surface area contributed by atoms with Gasteiger partial charge in [0.05, 0.1) is 5.69 Å². The molecule has 2 unspecified atom stereocenters. The summed E-state index contributed by atoms with van der Waals surface area (Å²) in [5.41, 5.74) is 4.12. The van der Waals surface area contributed by atoms with Crippen molar-refractivity contribution >= 4 is 0 Å². The van der Waals surface area contributed by atoms with Gasteiger partial charge in [-0.3, -0.25) is 4.68 Å². The lowest BCUT2D eigenvalue weighted by Gasteiger charge is -2.26. The molecule has 1 aromatic carbocycles. The van der Waals surface area contributed by atoms with Crippen LogP contribution < -0.4 is 5.32 Å². The van der Waals surface area contributed by atoms with Crippen LogP contribution in [0.4, 0.5) is 0 Å². The van der Waals surface area contributed by atoms with Crippen molar-refractivity contribution < 1.29 is 0 Å². The molecule has 1 heterocycles. The van der Waals surface area contributed by atoms with Crippen molar-refractivity contribution in [3.05, 3.63) is 53.3 Å². The molecule has 1 aromatic heterocycles. The normalized spacial score (nSPS) is 19.2. The molecule has 0 amide bonds. The molecular formula is C18H25N3. The van der Waals surface area contributed by atoms with Crippen LogP contribution in [0.3, 0.4) is 0 Å². The summed E-state index contributed by atoms with van der Waals surface area (Å²) in [5.74, 6) is 0. The Balaban J connectivity index is 1.65. The van der Waals surface area contributed by atoms with E-state index in [0.717, 1.165) is 18.7 Å². The first-order valence-corrected chi connectivity index (χ1v) is 8.13. The fraction of sp³-hybridized carbons (Fsp3) is 0.500. The standard InChI is InChI=1S/C18H25N3/c1-3-14(2)21-12-11-16(20-21)13-19-18-10-6-8-15-7-4-5-9-17(15)18/h4-5,7,9,11-12,14,18-19H,3,6,8,10,13H2,1-2H3. The molecule has 0 saturated heterocycles. The molecule has 2 atom stereocenters. The highest BCUT2D eigenvalue weighted by atomic mass is 15.3. The Labute approximate surface area is 127 Å². The van der Waals surface area contributed by atoms with Gasteiger partial charge in [0.15, 0.2) is 0 Å². The predicted molar refractivity (Wildman–Crippen MR) is 86.2 cm³/mol. The number of fused-ring (bicyclic) bond motifs is 1. The Morgan fingerprint density at radius 3 is 3.05 bits per heavy atom. The fourth-order valence-corrected chi connectivity index (χ4v) is 3.10. The van der Waals surface area contributed by atoms with Gasteiger partial charge in [-0.1, -0.05) is 31.2 Å². The number of nitrogens with zero attached hydrogens (tertiary/aromatic N) is 2. The van der Waals surface area contributed by atoms with Crippen LogP contribution >= 0.6 is 0 Å². The molecule has 3 rings (SSSR count). The molecule has 1 aliphatic carbocycles. The first-order chi connectivity index (χ1) is 10.3. The largest absolute Gasteiger partial charge is 0.304 e. The highest BCUT2D eigenvalue weighted by Crippen LogP contribution is 2.29. The van der Waals surface area contributed by atoms with Crippen molar-refractivity contribution in [1.82, 2.24) is 15.1 Å². The van der Waals surface area contributed by atoms with E-state index in [1.54, 1.807) is 0 Å². The molecule has 1 aliphatic rings. The van der Waals surface area contributed by atoms with Crippen LogP contribution in [0.1, 0.15) is 62.0 Å². The Bertz CT molecular complexity index is 588. The Kier molecular flexibility index (Phi) is 4.39. The second kappa shape index (κ2) is 6.44. The Morgan fingerprint density at radius 2 is 2.19 bits per heavy atom. The quantitative estimate of drug-likeness (QED) is 0.898. The number of hydrogen-bond acceptors (Lipinski definition) is 2. The van der Waals surface area contributed by atoms with Crippen LogP contribution in [0.25, 0.3) is 0 Å². The van der Waals surface area contributed by atoms with Gasteiger partial charge in [0, 0.05) is 24.8 Å². The van der Waals surface area contributed by atoms with E-state index in [4.69, 9.17) is 0 Å². The third kappa shape index (κ3) is 3.18. The van der Waals surface area contributed by atoms with Gasteiger partial charge >= 0.3 is 0 Å². The fourth-order valence-electron chi connectivity index (χ4n) is 3.10. The first-order valence-electron chi connectivity index (χ1n) is 8.13. The van der Waals surface area contributed by atoms with Crippen molar-refractivity contribution in [3.8, 4) is 0 Å². The van der Waals surface area contributed by atoms with E-state index < -0.39 is 0 Å². The number of benzene rings is 1. The van der Waals surface area contributed by atoms with Crippen LogP contribution in [0, 0.1) is 0 Å².